The number of piperazine rings is 1. The second kappa shape index (κ2) is 11.7. The highest BCUT2D eigenvalue weighted by Gasteiger charge is 2.31. The van der Waals surface area contributed by atoms with E-state index in [1.807, 2.05) is 61.2 Å². The molecule has 0 bridgehead atoms. The Hall–Kier alpha value is -3.85. The fourth-order valence-electron chi connectivity index (χ4n) is 4.55. The van der Waals surface area contributed by atoms with Gasteiger partial charge in [0, 0.05) is 43.0 Å². The number of nitrogens with zero attached hydrogens (tertiary/aromatic N) is 2. The molecule has 1 aliphatic rings. The van der Waals surface area contributed by atoms with Gasteiger partial charge < -0.3 is 14.5 Å². The summed E-state index contributed by atoms with van der Waals surface area (Å²) < 4.78 is 31.3. The fraction of sp³-hybridized carbons (Fsp3) is 0.355. The molecule has 40 heavy (non-hydrogen) atoms. The molecule has 9 heteroatoms. The quantitative estimate of drug-likeness (QED) is 0.440. The van der Waals surface area contributed by atoms with Gasteiger partial charge >= 0.3 is 0 Å². The van der Waals surface area contributed by atoms with E-state index in [4.69, 9.17) is 4.74 Å². The molecular weight excluding hydrogens is 526 g/mol. The summed E-state index contributed by atoms with van der Waals surface area (Å²) in [5.41, 5.74) is 4.99. The van der Waals surface area contributed by atoms with Crippen LogP contribution in [0.4, 0.5) is 5.69 Å². The monoisotopic (exact) mass is 563 g/mol. The standard InChI is InChI=1S/C31H37N3O5S/c1-6-39-27-9-7-8-24(21-27)28-15-12-25(20-22(28)2)30(36)34-18-16-33(17-19-34)26-13-10-23(11-14-26)29(35)32-40(37,38)31(3,4)5/h7-15,20-21H,6,16-19H2,1-5H3,(H,32,35). The minimum atomic E-state index is -3.79. The third-order valence-corrected chi connectivity index (χ3v) is 9.09. The van der Waals surface area contributed by atoms with E-state index in [0.717, 1.165) is 28.1 Å². The van der Waals surface area contributed by atoms with Crippen molar-refractivity contribution < 1.29 is 22.7 Å². The lowest BCUT2D eigenvalue weighted by atomic mass is 9.97. The highest BCUT2D eigenvalue weighted by molar-refractivity contribution is 7.91. The van der Waals surface area contributed by atoms with E-state index in [-0.39, 0.29) is 11.5 Å². The molecule has 1 aliphatic heterocycles. The molecule has 0 radical (unpaired) electrons. The smallest absolute Gasteiger partial charge is 0.264 e. The van der Waals surface area contributed by atoms with Gasteiger partial charge in [-0.25, -0.2) is 13.1 Å². The number of ether oxygens (including phenoxy) is 1. The van der Waals surface area contributed by atoms with E-state index in [9.17, 15) is 18.0 Å². The number of nitrogens with one attached hydrogen (secondary N) is 1. The Morgan fingerprint density at radius 3 is 2.15 bits per heavy atom. The van der Waals surface area contributed by atoms with Crippen LogP contribution in [0.3, 0.4) is 0 Å². The SMILES string of the molecule is CCOc1cccc(-c2ccc(C(=O)N3CCN(c4ccc(C(=O)NS(=O)(=O)C(C)(C)C)cc4)CC3)cc2C)c1. The number of hydrogen-bond donors (Lipinski definition) is 1. The largest absolute Gasteiger partial charge is 0.494 e. The van der Waals surface area contributed by atoms with E-state index in [0.29, 0.717) is 38.3 Å². The Morgan fingerprint density at radius 1 is 0.900 bits per heavy atom. The van der Waals surface area contributed by atoms with Gasteiger partial charge in [0.1, 0.15) is 5.75 Å². The van der Waals surface area contributed by atoms with Gasteiger partial charge in [-0.05, 0) is 99.8 Å². The number of carbonyl (C=O) groups is 2. The summed E-state index contributed by atoms with van der Waals surface area (Å²) in [5, 5.41) is 0. The van der Waals surface area contributed by atoms with Crippen molar-refractivity contribution in [2.45, 2.75) is 39.4 Å². The van der Waals surface area contributed by atoms with Crippen LogP contribution in [-0.4, -0.2) is 62.7 Å². The van der Waals surface area contributed by atoms with Crippen LogP contribution < -0.4 is 14.4 Å². The summed E-state index contributed by atoms with van der Waals surface area (Å²) in [6.07, 6.45) is 0. The van der Waals surface area contributed by atoms with Crippen LogP contribution in [0.15, 0.2) is 66.7 Å². The highest BCUT2D eigenvalue weighted by atomic mass is 32.2. The normalized spacial score (nSPS) is 14.1. The summed E-state index contributed by atoms with van der Waals surface area (Å²) >= 11 is 0. The molecule has 0 aliphatic carbocycles. The molecule has 0 atom stereocenters. The fourth-order valence-corrected chi connectivity index (χ4v) is 5.22. The zero-order valence-corrected chi connectivity index (χ0v) is 24.5. The van der Waals surface area contributed by atoms with Crippen LogP contribution in [0.2, 0.25) is 0 Å². The minimum absolute atomic E-state index is 0.00411. The molecule has 3 aromatic carbocycles. The second-order valence-corrected chi connectivity index (χ2v) is 13.3. The molecular formula is C31H37N3O5S. The van der Waals surface area contributed by atoms with Crippen molar-refractivity contribution in [2.75, 3.05) is 37.7 Å². The van der Waals surface area contributed by atoms with E-state index in [1.165, 1.54) is 20.8 Å². The average molecular weight is 564 g/mol. The van der Waals surface area contributed by atoms with Gasteiger partial charge in [-0.15, -0.1) is 0 Å². The molecule has 3 aromatic rings. The predicted molar refractivity (Wildman–Crippen MR) is 158 cm³/mol. The summed E-state index contributed by atoms with van der Waals surface area (Å²) in [4.78, 5) is 29.8. The first-order valence-electron chi connectivity index (χ1n) is 13.4. The highest BCUT2D eigenvalue weighted by Crippen LogP contribution is 2.28. The van der Waals surface area contributed by atoms with Crippen LogP contribution in [0.5, 0.6) is 5.75 Å². The summed E-state index contributed by atoms with van der Waals surface area (Å²) in [7, 11) is -3.79. The number of aryl methyl sites for hydroxylation is 1. The Balaban J connectivity index is 1.37. The third kappa shape index (κ3) is 6.47. The minimum Gasteiger partial charge on any atom is -0.494 e. The first-order valence-corrected chi connectivity index (χ1v) is 14.9. The second-order valence-electron chi connectivity index (χ2n) is 10.9. The molecule has 8 nitrogen and oxygen atoms in total. The molecule has 1 fully saturated rings. The third-order valence-electron chi connectivity index (χ3n) is 7.02. The number of hydrogen-bond acceptors (Lipinski definition) is 6. The zero-order valence-electron chi connectivity index (χ0n) is 23.7. The van der Waals surface area contributed by atoms with E-state index >= 15 is 0 Å². The lowest BCUT2D eigenvalue weighted by Crippen LogP contribution is -2.48. The Labute approximate surface area is 237 Å². The van der Waals surface area contributed by atoms with Gasteiger partial charge in [0.05, 0.1) is 11.4 Å². The Morgan fingerprint density at radius 2 is 1.55 bits per heavy atom. The number of benzene rings is 3. The van der Waals surface area contributed by atoms with Crippen molar-refractivity contribution in [3.05, 3.63) is 83.4 Å². The van der Waals surface area contributed by atoms with Crippen LogP contribution >= 0.6 is 0 Å². The van der Waals surface area contributed by atoms with Gasteiger partial charge in [0.25, 0.3) is 11.8 Å². The maximum Gasteiger partial charge on any atom is 0.264 e. The van der Waals surface area contributed by atoms with E-state index in [2.05, 4.69) is 9.62 Å². The maximum absolute atomic E-state index is 13.3. The number of rotatable bonds is 7. The molecule has 0 spiro atoms. The van der Waals surface area contributed by atoms with Gasteiger partial charge in [-0.3, -0.25) is 9.59 Å². The average Bonchev–Trinajstić information content (AvgIpc) is 2.92. The zero-order chi connectivity index (χ0) is 29.1. The molecule has 4 rings (SSSR count). The van der Waals surface area contributed by atoms with Crippen molar-refractivity contribution in [2.24, 2.45) is 0 Å². The predicted octanol–water partition coefficient (Wildman–Crippen LogP) is 4.88. The molecule has 1 heterocycles. The van der Waals surface area contributed by atoms with Gasteiger partial charge in [0.2, 0.25) is 10.0 Å². The molecule has 0 aromatic heterocycles. The van der Waals surface area contributed by atoms with Gasteiger partial charge in [-0.1, -0.05) is 18.2 Å². The Bertz CT molecular complexity index is 1490. The number of carbonyl (C=O) groups excluding carboxylic acids is 2. The van der Waals surface area contributed by atoms with Crippen molar-refractivity contribution in [3.8, 4) is 16.9 Å². The van der Waals surface area contributed by atoms with Crippen molar-refractivity contribution >= 4 is 27.5 Å². The van der Waals surface area contributed by atoms with E-state index < -0.39 is 20.7 Å². The summed E-state index contributed by atoms with van der Waals surface area (Å²) in [6.45, 7) is 11.6. The molecule has 0 saturated carbocycles. The van der Waals surface area contributed by atoms with Crippen LogP contribution in [0.25, 0.3) is 11.1 Å². The molecule has 0 unspecified atom stereocenters. The lowest BCUT2D eigenvalue weighted by Gasteiger charge is -2.36. The van der Waals surface area contributed by atoms with Crippen molar-refractivity contribution in [1.29, 1.82) is 0 Å². The van der Waals surface area contributed by atoms with Gasteiger partial charge in [-0.2, -0.15) is 0 Å². The molecule has 212 valence electrons. The van der Waals surface area contributed by atoms with Crippen LogP contribution in [0, 0.1) is 6.92 Å². The molecule has 1 N–H and O–H groups in total. The Kier molecular flexibility index (Phi) is 8.54. The number of anilines is 1. The number of amides is 2. The summed E-state index contributed by atoms with van der Waals surface area (Å²) in [6, 6.07) is 20.6. The first kappa shape index (κ1) is 29.1. The van der Waals surface area contributed by atoms with Crippen LogP contribution in [0.1, 0.15) is 54.0 Å². The number of sulfonamides is 1. The van der Waals surface area contributed by atoms with Crippen molar-refractivity contribution in [3.63, 3.8) is 0 Å². The molecule has 1 saturated heterocycles. The van der Waals surface area contributed by atoms with Gasteiger partial charge in [0.15, 0.2) is 0 Å². The summed E-state index contributed by atoms with van der Waals surface area (Å²) in [5.74, 6) is 0.174. The maximum atomic E-state index is 13.3. The lowest BCUT2D eigenvalue weighted by molar-refractivity contribution is 0.0746. The van der Waals surface area contributed by atoms with Crippen molar-refractivity contribution in [1.82, 2.24) is 9.62 Å². The molecule has 2 amide bonds. The van der Waals surface area contributed by atoms with Crippen LogP contribution in [-0.2, 0) is 10.0 Å². The first-order chi connectivity index (χ1) is 18.9. The van der Waals surface area contributed by atoms with E-state index in [1.54, 1.807) is 24.3 Å². The topological polar surface area (TPSA) is 96.0 Å².